The Hall–Kier alpha value is -4.32. The van der Waals surface area contributed by atoms with Crippen LogP contribution in [0.4, 0.5) is 0 Å². The molecule has 49 heavy (non-hydrogen) atoms. The lowest BCUT2D eigenvalue weighted by atomic mass is 9.72. The number of amides is 3. The Morgan fingerprint density at radius 1 is 0.959 bits per heavy atom. The van der Waals surface area contributed by atoms with Gasteiger partial charge in [-0.2, -0.15) is 0 Å². The summed E-state index contributed by atoms with van der Waals surface area (Å²) in [5.74, 6) is -2.71. The quantitative estimate of drug-likeness (QED) is 0.407. The van der Waals surface area contributed by atoms with Gasteiger partial charge >= 0.3 is 11.9 Å². The second kappa shape index (κ2) is 15.1. The molecule has 5 bridgehead atoms. The fourth-order valence-electron chi connectivity index (χ4n) is 6.55. The molecule has 3 N–H and O–H groups in total. The van der Waals surface area contributed by atoms with Crippen molar-refractivity contribution in [2.24, 2.45) is 17.3 Å². The van der Waals surface area contributed by atoms with Crippen LogP contribution in [0.15, 0.2) is 36.4 Å². The van der Waals surface area contributed by atoms with Crippen molar-refractivity contribution in [3.8, 4) is 0 Å². The molecule has 264 valence electrons. The number of nitrogens with zero attached hydrogens (tertiary/aromatic N) is 2. The van der Waals surface area contributed by atoms with Crippen molar-refractivity contribution in [3.05, 3.63) is 47.7 Å². The van der Waals surface area contributed by atoms with E-state index in [1.807, 2.05) is 49.4 Å². The van der Waals surface area contributed by atoms with Crippen molar-refractivity contribution in [1.29, 1.82) is 0 Å². The number of carbonyl (C=O) groups is 5. The zero-order valence-electron chi connectivity index (χ0n) is 29.3. The molecule has 1 saturated heterocycles. The van der Waals surface area contributed by atoms with Crippen LogP contribution < -0.4 is 16.1 Å². The lowest BCUT2D eigenvalue weighted by Crippen LogP contribution is -2.61. The Kier molecular flexibility index (Phi) is 11.1. The van der Waals surface area contributed by atoms with Gasteiger partial charge in [0.2, 0.25) is 5.91 Å². The number of ether oxygens (including phenoxy) is 2. The molecule has 3 aliphatic rings. The highest BCUT2D eigenvalue weighted by atomic mass is 16.6. The molecule has 1 unspecified atom stereocenters. The van der Waals surface area contributed by atoms with E-state index < -0.39 is 47.4 Å². The molecule has 2 aromatic rings. The fourth-order valence-corrected chi connectivity index (χ4v) is 6.55. The van der Waals surface area contributed by atoms with Crippen LogP contribution in [-0.2, 0) is 33.4 Å². The lowest BCUT2D eigenvalue weighted by molar-refractivity contribution is -0.170. The molecule has 1 aliphatic carbocycles. The summed E-state index contributed by atoms with van der Waals surface area (Å²) in [4.78, 5) is 71.7. The van der Waals surface area contributed by atoms with Crippen LogP contribution in [-0.4, -0.2) is 70.5 Å². The molecule has 12 nitrogen and oxygen atoms in total. The first-order valence-electron chi connectivity index (χ1n) is 17.5. The molecule has 4 atom stereocenters. The number of fused-ring (bicyclic) bond motifs is 4. The van der Waals surface area contributed by atoms with E-state index in [0.29, 0.717) is 50.8 Å². The average molecular weight is 676 g/mol. The summed E-state index contributed by atoms with van der Waals surface area (Å²) >= 11 is 0. The number of cyclic esters (lactones) is 1. The maximum atomic E-state index is 14.2. The number of aromatic nitrogens is 1. The molecule has 1 spiro atoms. The van der Waals surface area contributed by atoms with Gasteiger partial charge in [0.15, 0.2) is 6.10 Å². The van der Waals surface area contributed by atoms with Crippen molar-refractivity contribution >= 4 is 46.6 Å². The Labute approximate surface area is 287 Å². The molecule has 3 amide bonds. The first-order valence-corrected chi connectivity index (χ1v) is 17.5. The highest BCUT2D eigenvalue weighted by Crippen LogP contribution is 2.41. The molecular weight excluding hydrogens is 626 g/mol. The van der Waals surface area contributed by atoms with Gasteiger partial charge in [0.25, 0.3) is 11.8 Å². The summed E-state index contributed by atoms with van der Waals surface area (Å²) in [5.41, 5.74) is 4.19. The van der Waals surface area contributed by atoms with E-state index in [1.54, 1.807) is 34.6 Å². The van der Waals surface area contributed by atoms with Gasteiger partial charge in [0, 0.05) is 11.9 Å². The molecule has 12 heteroatoms. The van der Waals surface area contributed by atoms with E-state index >= 15 is 0 Å². The Balaban J connectivity index is 1.51. The van der Waals surface area contributed by atoms with Gasteiger partial charge in [-0.25, -0.2) is 5.43 Å². The van der Waals surface area contributed by atoms with Gasteiger partial charge in [-0.15, -0.1) is 0 Å². The van der Waals surface area contributed by atoms with Crippen molar-refractivity contribution in [3.63, 3.8) is 0 Å². The van der Waals surface area contributed by atoms with Gasteiger partial charge in [0.1, 0.15) is 18.2 Å². The van der Waals surface area contributed by atoms with Crippen molar-refractivity contribution in [2.75, 3.05) is 6.54 Å². The van der Waals surface area contributed by atoms with Crippen LogP contribution in [0.2, 0.25) is 0 Å². The number of benzene rings is 1. The van der Waals surface area contributed by atoms with E-state index in [4.69, 9.17) is 14.5 Å². The van der Waals surface area contributed by atoms with Gasteiger partial charge in [0.05, 0.1) is 28.6 Å². The number of hydrazine groups is 1. The minimum absolute atomic E-state index is 0.253. The molecule has 1 aromatic heterocycles. The normalized spacial score (nSPS) is 29.5. The Bertz CT molecular complexity index is 1610. The number of esters is 2. The second-order valence-corrected chi connectivity index (χ2v) is 14.3. The predicted molar refractivity (Wildman–Crippen MR) is 183 cm³/mol. The van der Waals surface area contributed by atoms with E-state index in [0.717, 1.165) is 16.5 Å². The van der Waals surface area contributed by atoms with Crippen LogP contribution in [0.5, 0.6) is 0 Å². The van der Waals surface area contributed by atoms with Crippen LogP contribution in [0.1, 0.15) is 97.4 Å². The van der Waals surface area contributed by atoms with Crippen LogP contribution in [0.3, 0.4) is 0 Å². The summed E-state index contributed by atoms with van der Waals surface area (Å²) in [5, 5.41) is 8.07. The van der Waals surface area contributed by atoms with Gasteiger partial charge in [-0.05, 0) is 76.0 Å². The fraction of sp³-hybridized carbons (Fsp3) is 0.568. The molecule has 2 aliphatic heterocycles. The first-order chi connectivity index (χ1) is 23.3. The summed E-state index contributed by atoms with van der Waals surface area (Å²) in [6, 6.07) is 7.68. The minimum atomic E-state index is -1.16. The van der Waals surface area contributed by atoms with Crippen molar-refractivity contribution < 1.29 is 33.4 Å². The molecule has 5 rings (SSSR count). The SMILES string of the molecule is CC(C)C(=O)OC1CCC2(/C=C/c3ccc4ccc(nc4c3)[C@@H](C)NC(=O)[C@@H]3CCCN(N3)C(=O)[C@H](C)NC(=O)C(C(C)C)OC2=O)CC1. The van der Waals surface area contributed by atoms with Crippen molar-refractivity contribution in [1.82, 2.24) is 26.1 Å². The number of hydrogen-bond acceptors (Lipinski definition) is 9. The van der Waals surface area contributed by atoms with Gasteiger partial charge in [-0.1, -0.05) is 58.0 Å². The monoisotopic (exact) mass is 675 g/mol. The number of nitrogens with one attached hydrogen (secondary N) is 3. The second-order valence-electron chi connectivity index (χ2n) is 14.3. The largest absolute Gasteiger partial charge is 0.462 e. The third-order valence-electron chi connectivity index (χ3n) is 9.72. The first kappa shape index (κ1) is 36.0. The van der Waals surface area contributed by atoms with Crippen molar-refractivity contribution in [2.45, 2.75) is 110 Å². The summed E-state index contributed by atoms with van der Waals surface area (Å²) in [6.45, 7) is 10.9. The van der Waals surface area contributed by atoms with Gasteiger partial charge < -0.3 is 20.1 Å². The molecular formula is C37H49N5O7. The molecule has 1 saturated carbocycles. The van der Waals surface area contributed by atoms with E-state index in [9.17, 15) is 24.0 Å². The smallest absolute Gasteiger partial charge is 0.316 e. The zero-order chi connectivity index (χ0) is 35.5. The van der Waals surface area contributed by atoms with Crippen LogP contribution in [0.25, 0.3) is 17.0 Å². The molecule has 3 heterocycles. The van der Waals surface area contributed by atoms with E-state index in [-0.39, 0.29) is 29.8 Å². The predicted octanol–water partition coefficient (Wildman–Crippen LogP) is 4.14. The highest BCUT2D eigenvalue weighted by molar-refractivity contribution is 5.92. The average Bonchev–Trinajstić information content (AvgIpc) is 3.08. The third-order valence-corrected chi connectivity index (χ3v) is 9.72. The summed E-state index contributed by atoms with van der Waals surface area (Å²) in [7, 11) is 0. The molecule has 2 fully saturated rings. The number of hydrogen-bond donors (Lipinski definition) is 3. The van der Waals surface area contributed by atoms with Crippen LogP contribution >= 0.6 is 0 Å². The third kappa shape index (κ3) is 8.29. The standard InChI is InChI=1S/C37H49N5O7/c1-21(2)31-33(44)39-24(6)34(45)42-19-7-8-29(41-42)32(43)38-23(5)28-12-11-26-10-9-25(20-30(26)40-28)13-16-37(36(47)49-31)17-14-27(15-18-37)48-35(46)22(3)4/h9-13,16,20-24,27,29,31,41H,7-8,14-15,17-19H2,1-6H3,(H,38,43)(H,39,44)/b16-13+/t23-,24+,27?,29+,31?,37?/m1/s1. The number of rotatable bonds is 3. The summed E-state index contributed by atoms with van der Waals surface area (Å²) in [6.07, 6.45) is 4.99. The topological polar surface area (TPSA) is 156 Å². The molecule has 0 radical (unpaired) electrons. The van der Waals surface area contributed by atoms with Gasteiger partial charge in [-0.3, -0.25) is 34.0 Å². The number of carbonyl (C=O) groups excluding carboxylic acids is 5. The zero-order valence-corrected chi connectivity index (χ0v) is 29.3. The Morgan fingerprint density at radius 2 is 1.65 bits per heavy atom. The number of pyridine rings is 1. The van der Waals surface area contributed by atoms with Crippen LogP contribution in [0, 0.1) is 17.3 Å². The Morgan fingerprint density at radius 3 is 2.35 bits per heavy atom. The van der Waals surface area contributed by atoms with E-state index in [2.05, 4.69) is 16.1 Å². The summed E-state index contributed by atoms with van der Waals surface area (Å²) < 4.78 is 11.7. The lowest BCUT2D eigenvalue weighted by Gasteiger charge is -2.37. The highest BCUT2D eigenvalue weighted by Gasteiger charge is 2.44. The molecule has 1 aromatic carbocycles. The maximum absolute atomic E-state index is 14.2. The van der Waals surface area contributed by atoms with E-state index in [1.165, 1.54) is 5.01 Å². The maximum Gasteiger partial charge on any atom is 0.316 e. The minimum Gasteiger partial charge on any atom is -0.462 e.